The first-order chi connectivity index (χ1) is 6.57. The smallest absolute Gasteiger partial charge is 0.405 e. The van der Waals surface area contributed by atoms with Crippen LogP contribution in [0.1, 0.15) is 33.1 Å². The fourth-order valence-electron chi connectivity index (χ4n) is 1.82. The molecule has 0 bridgehead atoms. The van der Waals surface area contributed by atoms with Crippen molar-refractivity contribution < 1.29 is 14.1 Å². The molecule has 14 heavy (non-hydrogen) atoms. The van der Waals surface area contributed by atoms with Gasteiger partial charge in [0.15, 0.2) is 5.78 Å². The summed E-state index contributed by atoms with van der Waals surface area (Å²) in [7, 11) is -0.283. The number of allylic oxidation sites excluding steroid dienone is 2. The molecule has 0 aromatic heterocycles. The summed E-state index contributed by atoms with van der Waals surface area (Å²) in [6.45, 7) is 4.60. The molecule has 2 aliphatic rings. The third kappa shape index (κ3) is 2.07. The Labute approximate surface area is 84.6 Å². The highest BCUT2D eigenvalue weighted by atomic mass is 16.7. The number of hydrogen-bond acceptors (Lipinski definition) is 3. The Hall–Kier alpha value is -0.605. The number of rotatable bonds is 1. The van der Waals surface area contributed by atoms with Crippen LogP contribution in [0.3, 0.4) is 0 Å². The summed E-state index contributed by atoms with van der Waals surface area (Å²) in [5, 5.41) is 0. The van der Waals surface area contributed by atoms with Crippen molar-refractivity contribution in [3.05, 3.63) is 11.5 Å². The Bertz CT molecular complexity index is 283. The van der Waals surface area contributed by atoms with Gasteiger partial charge in [-0.1, -0.05) is 0 Å². The van der Waals surface area contributed by atoms with Crippen molar-refractivity contribution >= 4 is 12.9 Å². The van der Waals surface area contributed by atoms with Gasteiger partial charge < -0.3 is 9.31 Å². The minimum Gasteiger partial charge on any atom is -0.405 e. The molecule has 76 valence electrons. The lowest BCUT2D eigenvalue weighted by molar-refractivity contribution is -0.115. The second-order valence-electron chi connectivity index (χ2n) is 4.56. The molecular weight excluding hydrogens is 179 g/mol. The summed E-state index contributed by atoms with van der Waals surface area (Å²) in [4.78, 5) is 11.2. The van der Waals surface area contributed by atoms with E-state index in [1.54, 1.807) is 6.08 Å². The van der Waals surface area contributed by atoms with Crippen LogP contribution in [0.4, 0.5) is 0 Å². The number of carbonyl (C=O) groups excluding carboxylic acids is 1. The van der Waals surface area contributed by atoms with Crippen LogP contribution in [0.15, 0.2) is 11.5 Å². The van der Waals surface area contributed by atoms with Gasteiger partial charge in [0, 0.05) is 6.42 Å². The Balaban J connectivity index is 2.06. The minimum absolute atomic E-state index is 0.197. The molecule has 0 unspecified atom stereocenters. The second kappa shape index (κ2) is 3.52. The van der Waals surface area contributed by atoms with E-state index < -0.39 is 0 Å². The average molecular weight is 194 g/mol. The van der Waals surface area contributed by atoms with Crippen LogP contribution in [-0.2, 0) is 14.1 Å². The van der Waals surface area contributed by atoms with Crippen LogP contribution >= 0.6 is 0 Å². The fraction of sp³-hybridized carbons (Fsp3) is 0.700. The second-order valence-corrected chi connectivity index (χ2v) is 4.56. The van der Waals surface area contributed by atoms with Crippen LogP contribution in [0.2, 0.25) is 0 Å². The lowest BCUT2D eigenvalue weighted by Gasteiger charge is -2.17. The first-order valence-corrected chi connectivity index (χ1v) is 5.10. The highest BCUT2D eigenvalue weighted by molar-refractivity contribution is 6.55. The summed E-state index contributed by atoms with van der Waals surface area (Å²) in [6, 6.07) is 0. The molecule has 0 radical (unpaired) electrons. The van der Waals surface area contributed by atoms with E-state index in [4.69, 9.17) is 9.31 Å². The molecule has 1 saturated heterocycles. The van der Waals surface area contributed by atoms with Crippen molar-refractivity contribution in [2.75, 3.05) is 6.61 Å². The van der Waals surface area contributed by atoms with E-state index in [0.717, 1.165) is 18.3 Å². The molecule has 0 aromatic carbocycles. The quantitative estimate of drug-likeness (QED) is 0.593. The number of carbonyl (C=O) groups is 1. The summed E-state index contributed by atoms with van der Waals surface area (Å²) < 4.78 is 11.2. The zero-order chi connectivity index (χ0) is 10.2. The predicted molar refractivity (Wildman–Crippen MR) is 53.8 cm³/mol. The van der Waals surface area contributed by atoms with Crippen molar-refractivity contribution in [1.82, 2.24) is 0 Å². The summed E-state index contributed by atoms with van der Waals surface area (Å²) >= 11 is 0. The van der Waals surface area contributed by atoms with E-state index in [-0.39, 0.29) is 18.5 Å². The predicted octanol–water partition coefficient (Wildman–Crippen LogP) is 1.52. The third-order valence-electron chi connectivity index (χ3n) is 2.55. The zero-order valence-electron chi connectivity index (χ0n) is 8.71. The van der Waals surface area contributed by atoms with Crippen LogP contribution in [0.25, 0.3) is 0 Å². The van der Waals surface area contributed by atoms with Gasteiger partial charge in [-0.2, -0.15) is 0 Å². The van der Waals surface area contributed by atoms with E-state index >= 15 is 0 Å². The summed E-state index contributed by atoms with van der Waals surface area (Å²) in [5.41, 5.74) is 0.790. The van der Waals surface area contributed by atoms with Crippen molar-refractivity contribution in [3.63, 3.8) is 0 Å². The molecule has 0 amide bonds. The molecule has 0 spiro atoms. The molecule has 1 aliphatic heterocycles. The Morgan fingerprint density at radius 1 is 1.43 bits per heavy atom. The van der Waals surface area contributed by atoms with E-state index in [1.807, 2.05) is 13.8 Å². The topological polar surface area (TPSA) is 35.5 Å². The van der Waals surface area contributed by atoms with Crippen molar-refractivity contribution in [2.24, 2.45) is 0 Å². The molecule has 3 nitrogen and oxygen atoms in total. The summed E-state index contributed by atoms with van der Waals surface area (Å²) in [5.74, 6) is 0.197. The first-order valence-electron chi connectivity index (χ1n) is 5.10. The maximum atomic E-state index is 11.2. The average Bonchev–Trinajstić information content (AvgIpc) is 2.46. The highest BCUT2D eigenvalue weighted by Gasteiger charge is 2.39. The molecule has 1 fully saturated rings. The van der Waals surface area contributed by atoms with Crippen molar-refractivity contribution in [1.29, 1.82) is 0 Å². The van der Waals surface area contributed by atoms with Gasteiger partial charge in [-0.05, 0) is 38.2 Å². The lowest BCUT2D eigenvalue weighted by Crippen LogP contribution is -2.27. The zero-order valence-corrected chi connectivity index (χ0v) is 8.71. The van der Waals surface area contributed by atoms with Crippen LogP contribution in [0.5, 0.6) is 0 Å². The van der Waals surface area contributed by atoms with Crippen LogP contribution in [-0.4, -0.2) is 25.1 Å². The van der Waals surface area contributed by atoms with Gasteiger partial charge in [0.1, 0.15) is 0 Å². The van der Waals surface area contributed by atoms with Gasteiger partial charge in [-0.25, -0.2) is 0 Å². The standard InChI is InChI=1S/C10H15BO3/c1-10(2)7-13-11(14-10)8-4-3-5-9(12)6-8/h6H,3-5,7H2,1-2H3. The normalized spacial score (nSPS) is 26.6. The van der Waals surface area contributed by atoms with Gasteiger partial charge in [-0.3, -0.25) is 4.79 Å². The minimum atomic E-state index is -0.283. The highest BCUT2D eigenvalue weighted by Crippen LogP contribution is 2.27. The maximum Gasteiger partial charge on any atom is 0.490 e. The lowest BCUT2D eigenvalue weighted by atomic mass is 9.72. The molecular formula is C10H15BO3. The van der Waals surface area contributed by atoms with E-state index in [9.17, 15) is 4.79 Å². The van der Waals surface area contributed by atoms with Gasteiger partial charge in [0.05, 0.1) is 12.2 Å². The van der Waals surface area contributed by atoms with E-state index in [2.05, 4.69) is 0 Å². The first kappa shape index (κ1) is 9.93. The monoisotopic (exact) mass is 194 g/mol. The number of hydrogen-bond donors (Lipinski definition) is 0. The van der Waals surface area contributed by atoms with Crippen LogP contribution < -0.4 is 0 Å². The van der Waals surface area contributed by atoms with Crippen molar-refractivity contribution in [3.8, 4) is 0 Å². The Morgan fingerprint density at radius 2 is 2.21 bits per heavy atom. The molecule has 0 saturated carbocycles. The number of ketones is 1. The summed E-state index contributed by atoms with van der Waals surface area (Å²) in [6.07, 6.45) is 4.20. The molecule has 0 atom stereocenters. The fourth-order valence-corrected chi connectivity index (χ4v) is 1.82. The molecule has 0 aromatic rings. The third-order valence-corrected chi connectivity index (χ3v) is 2.55. The van der Waals surface area contributed by atoms with E-state index in [0.29, 0.717) is 13.0 Å². The Morgan fingerprint density at radius 3 is 2.79 bits per heavy atom. The van der Waals surface area contributed by atoms with Gasteiger partial charge in [0.25, 0.3) is 0 Å². The molecule has 1 aliphatic carbocycles. The van der Waals surface area contributed by atoms with Crippen molar-refractivity contribution in [2.45, 2.75) is 38.7 Å². The molecule has 0 N–H and O–H groups in total. The van der Waals surface area contributed by atoms with Gasteiger partial charge in [0.2, 0.25) is 0 Å². The SMILES string of the molecule is CC1(C)COB(C2=CC(=O)CCC2)O1. The Kier molecular flexibility index (Phi) is 2.49. The molecule has 2 rings (SSSR count). The van der Waals surface area contributed by atoms with Crippen LogP contribution in [0, 0.1) is 0 Å². The van der Waals surface area contributed by atoms with Gasteiger partial charge in [-0.15, -0.1) is 0 Å². The maximum absolute atomic E-state index is 11.2. The van der Waals surface area contributed by atoms with Gasteiger partial charge >= 0.3 is 7.12 Å². The molecule has 4 heteroatoms. The molecule has 1 heterocycles. The van der Waals surface area contributed by atoms with E-state index in [1.165, 1.54) is 0 Å². The largest absolute Gasteiger partial charge is 0.490 e.